The summed E-state index contributed by atoms with van der Waals surface area (Å²) in [4.78, 5) is 16.8. The first-order valence-electron chi connectivity index (χ1n) is 7.47. The molecule has 1 atom stereocenters. The fourth-order valence-electron chi connectivity index (χ4n) is 3.36. The molecule has 1 aromatic heterocycles. The first kappa shape index (κ1) is 13.9. The molecule has 0 radical (unpaired) electrons. The zero-order chi connectivity index (χ0) is 16.0. The van der Waals surface area contributed by atoms with Gasteiger partial charge in [-0.3, -0.25) is 4.57 Å². The second-order valence-corrected chi connectivity index (χ2v) is 5.72. The summed E-state index contributed by atoms with van der Waals surface area (Å²) in [5, 5.41) is 11.3. The van der Waals surface area contributed by atoms with E-state index in [1.54, 1.807) is 11.6 Å². The maximum absolute atomic E-state index is 11.3. The second kappa shape index (κ2) is 5.15. The standard InChI is InChI=1S/C15H16N4O4/c1-17-8-16-14(19(20)21)15(17)18-6-2-3-11(18)10-4-5-12-13(7-10)23-9-22-12/h4-5,7-8,11H,2-3,6,9H2,1H3/t11-/m0/s1. The molecule has 0 N–H and O–H groups in total. The third kappa shape index (κ3) is 2.18. The van der Waals surface area contributed by atoms with Crippen molar-refractivity contribution in [3.8, 4) is 11.5 Å². The van der Waals surface area contributed by atoms with Crippen molar-refractivity contribution in [2.24, 2.45) is 7.05 Å². The summed E-state index contributed by atoms with van der Waals surface area (Å²) in [7, 11) is 1.78. The summed E-state index contributed by atoms with van der Waals surface area (Å²) in [6, 6.07) is 5.93. The molecular weight excluding hydrogens is 300 g/mol. The van der Waals surface area contributed by atoms with Gasteiger partial charge in [-0.15, -0.1) is 0 Å². The summed E-state index contributed by atoms with van der Waals surface area (Å²) < 4.78 is 12.5. The molecule has 3 heterocycles. The minimum atomic E-state index is -0.426. The van der Waals surface area contributed by atoms with Crippen LogP contribution in [-0.4, -0.2) is 27.8 Å². The van der Waals surface area contributed by atoms with Crippen LogP contribution in [-0.2, 0) is 7.05 Å². The van der Waals surface area contributed by atoms with Gasteiger partial charge >= 0.3 is 5.82 Å². The van der Waals surface area contributed by atoms with Crippen LogP contribution in [0.3, 0.4) is 0 Å². The Morgan fingerprint density at radius 3 is 3.00 bits per heavy atom. The molecule has 8 heteroatoms. The molecule has 1 aromatic carbocycles. The van der Waals surface area contributed by atoms with Crippen LogP contribution in [0.1, 0.15) is 24.4 Å². The number of aromatic nitrogens is 2. The fourth-order valence-corrected chi connectivity index (χ4v) is 3.36. The van der Waals surface area contributed by atoms with Crippen molar-refractivity contribution < 1.29 is 14.4 Å². The highest BCUT2D eigenvalue weighted by molar-refractivity contribution is 5.58. The maximum atomic E-state index is 11.3. The van der Waals surface area contributed by atoms with E-state index >= 15 is 0 Å². The SMILES string of the molecule is Cn1cnc([N+](=O)[O-])c1N1CCC[C@H]1c1ccc2c(c1)OCO2. The molecule has 2 aliphatic rings. The Morgan fingerprint density at radius 2 is 2.17 bits per heavy atom. The van der Waals surface area contributed by atoms with Gasteiger partial charge in [-0.2, -0.15) is 0 Å². The number of rotatable bonds is 3. The lowest BCUT2D eigenvalue weighted by Gasteiger charge is -2.26. The largest absolute Gasteiger partial charge is 0.454 e. The molecule has 0 aliphatic carbocycles. The molecule has 1 saturated heterocycles. The van der Waals surface area contributed by atoms with Crippen LogP contribution in [0.5, 0.6) is 11.5 Å². The maximum Gasteiger partial charge on any atom is 0.406 e. The van der Waals surface area contributed by atoms with E-state index in [0.29, 0.717) is 5.82 Å². The predicted octanol–water partition coefficient (Wildman–Crippen LogP) is 2.40. The lowest BCUT2D eigenvalue weighted by Crippen LogP contribution is -2.25. The number of aryl methyl sites for hydroxylation is 1. The Hall–Kier alpha value is -2.77. The number of nitro groups is 1. The molecule has 0 bridgehead atoms. The van der Waals surface area contributed by atoms with E-state index < -0.39 is 4.92 Å². The van der Waals surface area contributed by atoms with Crippen LogP contribution < -0.4 is 14.4 Å². The van der Waals surface area contributed by atoms with Gasteiger partial charge in [-0.1, -0.05) is 6.07 Å². The molecule has 1 fully saturated rings. The highest BCUT2D eigenvalue weighted by Gasteiger charge is 2.35. The quantitative estimate of drug-likeness (QED) is 0.639. The molecule has 8 nitrogen and oxygen atoms in total. The number of nitrogens with zero attached hydrogens (tertiary/aromatic N) is 4. The lowest BCUT2D eigenvalue weighted by molar-refractivity contribution is -0.388. The van der Waals surface area contributed by atoms with Crippen LogP contribution in [0.25, 0.3) is 0 Å². The molecule has 0 unspecified atom stereocenters. The van der Waals surface area contributed by atoms with Gasteiger partial charge in [-0.25, -0.2) is 0 Å². The Labute approximate surface area is 132 Å². The van der Waals surface area contributed by atoms with E-state index in [1.807, 2.05) is 18.2 Å². The minimum absolute atomic E-state index is 0.0681. The zero-order valence-corrected chi connectivity index (χ0v) is 12.6. The Bertz CT molecular complexity index is 773. The summed E-state index contributed by atoms with van der Waals surface area (Å²) in [6.07, 6.45) is 3.39. The summed E-state index contributed by atoms with van der Waals surface area (Å²) in [6.45, 7) is 1.000. The van der Waals surface area contributed by atoms with Crippen molar-refractivity contribution in [3.63, 3.8) is 0 Å². The van der Waals surface area contributed by atoms with E-state index in [4.69, 9.17) is 9.47 Å². The summed E-state index contributed by atoms with van der Waals surface area (Å²) >= 11 is 0. The molecule has 0 saturated carbocycles. The predicted molar refractivity (Wildman–Crippen MR) is 81.7 cm³/mol. The van der Waals surface area contributed by atoms with Gasteiger partial charge < -0.3 is 24.5 Å². The van der Waals surface area contributed by atoms with Crippen LogP contribution in [0.2, 0.25) is 0 Å². The number of fused-ring (bicyclic) bond motifs is 1. The monoisotopic (exact) mass is 316 g/mol. The number of hydrogen-bond donors (Lipinski definition) is 0. The van der Waals surface area contributed by atoms with Crippen molar-refractivity contribution in [3.05, 3.63) is 40.2 Å². The van der Waals surface area contributed by atoms with Crippen LogP contribution in [0.4, 0.5) is 11.6 Å². The van der Waals surface area contributed by atoms with Crippen LogP contribution in [0.15, 0.2) is 24.5 Å². The fraction of sp³-hybridized carbons (Fsp3) is 0.400. The number of anilines is 1. The van der Waals surface area contributed by atoms with Crippen molar-refractivity contribution in [2.45, 2.75) is 18.9 Å². The van der Waals surface area contributed by atoms with E-state index in [0.717, 1.165) is 36.4 Å². The summed E-state index contributed by atoms with van der Waals surface area (Å²) in [5.41, 5.74) is 1.07. The van der Waals surface area contributed by atoms with Crippen LogP contribution in [0, 0.1) is 10.1 Å². The second-order valence-electron chi connectivity index (χ2n) is 5.72. The Balaban J connectivity index is 1.73. The average Bonchev–Trinajstić information content (AvgIpc) is 3.24. The van der Waals surface area contributed by atoms with Gasteiger partial charge in [0, 0.05) is 13.6 Å². The normalized spacial score (nSPS) is 19.3. The minimum Gasteiger partial charge on any atom is -0.454 e. The van der Waals surface area contributed by atoms with Gasteiger partial charge in [-0.05, 0) is 40.4 Å². The third-order valence-corrected chi connectivity index (χ3v) is 4.37. The number of hydrogen-bond acceptors (Lipinski definition) is 6. The van der Waals surface area contributed by atoms with Gasteiger partial charge in [0.2, 0.25) is 18.9 Å². The lowest BCUT2D eigenvalue weighted by atomic mass is 10.0. The zero-order valence-electron chi connectivity index (χ0n) is 12.6. The molecule has 4 rings (SSSR count). The number of ether oxygens (including phenoxy) is 2. The van der Waals surface area contributed by atoms with E-state index in [1.165, 1.54) is 6.33 Å². The smallest absolute Gasteiger partial charge is 0.406 e. The highest BCUT2D eigenvalue weighted by Crippen LogP contribution is 2.42. The van der Waals surface area contributed by atoms with Crippen molar-refractivity contribution in [2.75, 3.05) is 18.2 Å². The molecule has 2 aromatic rings. The third-order valence-electron chi connectivity index (χ3n) is 4.37. The van der Waals surface area contributed by atoms with Gasteiger partial charge in [0.25, 0.3) is 0 Å². The first-order chi connectivity index (χ1) is 11.1. The average molecular weight is 316 g/mol. The van der Waals surface area contributed by atoms with Crippen molar-refractivity contribution in [1.82, 2.24) is 9.55 Å². The molecule has 0 spiro atoms. The molecule has 0 amide bonds. The van der Waals surface area contributed by atoms with Crippen LogP contribution >= 0.6 is 0 Å². The number of imidazole rings is 1. The van der Waals surface area contributed by atoms with Gasteiger partial charge in [0.05, 0.1) is 6.04 Å². The Kier molecular flexibility index (Phi) is 3.10. The van der Waals surface area contributed by atoms with Gasteiger partial charge in [0.1, 0.15) is 0 Å². The topological polar surface area (TPSA) is 82.7 Å². The Morgan fingerprint density at radius 1 is 1.35 bits per heavy atom. The molecule has 2 aliphatic heterocycles. The van der Waals surface area contributed by atoms with E-state index in [-0.39, 0.29) is 18.7 Å². The van der Waals surface area contributed by atoms with Gasteiger partial charge in [0.15, 0.2) is 11.5 Å². The number of benzene rings is 1. The summed E-state index contributed by atoms with van der Waals surface area (Å²) in [5.74, 6) is 1.92. The molecular formula is C15H16N4O4. The van der Waals surface area contributed by atoms with E-state index in [9.17, 15) is 10.1 Å². The van der Waals surface area contributed by atoms with Crippen molar-refractivity contribution >= 4 is 11.6 Å². The van der Waals surface area contributed by atoms with E-state index in [2.05, 4.69) is 9.88 Å². The molecule has 120 valence electrons. The molecule has 23 heavy (non-hydrogen) atoms. The van der Waals surface area contributed by atoms with Crippen molar-refractivity contribution in [1.29, 1.82) is 0 Å². The highest BCUT2D eigenvalue weighted by atomic mass is 16.7. The first-order valence-corrected chi connectivity index (χ1v) is 7.47.